The van der Waals surface area contributed by atoms with Gasteiger partial charge in [0, 0.05) is 0 Å². The second kappa shape index (κ2) is 4.41. The molecule has 0 atom stereocenters. The molecular formula is C13H18O. The van der Waals surface area contributed by atoms with Crippen LogP contribution in [0.1, 0.15) is 33.6 Å². The fourth-order valence-electron chi connectivity index (χ4n) is 1.93. The molecule has 0 fully saturated rings. The first-order valence-corrected chi connectivity index (χ1v) is 5.03. The molecule has 1 aliphatic carbocycles. The van der Waals surface area contributed by atoms with Crippen molar-refractivity contribution in [1.82, 2.24) is 0 Å². The number of hydrogen-bond donors (Lipinski definition) is 0. The summed E-state index contributed by atoms with van der Waals surface area (Å²) in [5, 5.41) is 0. The van der Waals surface area contributed by atoms with Gasteiger partial charge in [0.2, 0.25) is 0 Å². The number of carbonyl (C=O) groups excluding carboxylic acids is 1. The number of aldehydes is 1. The molecule has 76 valence electrons. The van der Waals surface area contributed by atoms with E-state index < -0.39 is 0 Å². The largest absolute Gasteiger partial charge is 0.299 e. The van der Waals surface area contributed by atoms with Gasteiger partial charge >= 0.3 is 0 Å². The smallest absolute Gasteiger partial charge is 0.142 e. The van der Waals surface area contributed by atoms with Crippen molar-refractivity contribution >= 4 is 6.29 Å². The van der Waals surface area contributed by atoms with Gasteiger partial charge in [-0.25, -0.2) is 0 Å². The van der Waals surface area contributed by atoms with Gasteiger partial charge in [-0.05, 0) is 31.3 Å². The minimum atomic E-state index is 0.242. The summed E-state index contributed by atoms with van der Waals surface area (Å²) in [6, 6.07) is 0. The van der Waals surface area contributed by atoms with E-state index in [-0.39, 0.29) is 5.41 Å². The van der Waals surface area contributed by atoms with Crippen molar-refractivity contribution in [3.05, 3.63) is 35.5 Å². The molecule has 1 nitrogen and oxygen atoms in total. The van der Waals surface area contributed by atoms with Gasteiger partial charge < -0.3 is 0 Å². The third-order valence-electron chi connectivity index (χ3n) is 2.71. The molecule has 1 rings (SSSR count). The van der Waals surface area contributed by atoms with E-state index in [0.29, 0.717) is 0 Å². The lowest BCUT2D eigenvalue weighted by Gasteiger charge is -2.31. The maximum atomic E-state index is 10.1. The first-order chi connectivity index (χ1) is 6.56. The van der Waals surface area contributed by atoms with Crippen molar-refractivity contribution in [2.75, 3.05) is 0 Å². The van der Waals surface area contributed by atoms with Gasteiger partial charge in [0.15, 0.2) is 0 Å². The van der Waals surface area contributed by atoms with Crippen molar-refractivity contribution in [3.63, 3.8) is 0 Å². The molecule has 14 heavy (non-hydrogen) atoms. The van der Waals surface area contributed by atoms with Crippen LogP contribution in [0, 0.1) is 5.41 Å². The Morgan fingerprint density at radius 1 is 1.43 bits per heavy atom. The van der Waals surface area contributed by atoms with E-state index in [1.54, 1.807) is 6.08 Å². The molecule has 0 radical (unpaired) electrons. The molecule has 0 unspecified atom stereocenters. The normalized spacial score (nSPS) is 20.5. The monoisotopic (exact) mass is 190 g/mol. The van der Waals surface area contributed by atoms with Crippen LogP contribution in [0.4, 0.5) is 0 Å². The maximum Gasteiger partial charge on any atom is 0.142 e. The third kappa shape index (κ3) is 2.69. The predicted molar refractivity (Wildman–Crippen MR) is 60.1 cm³/mol. The fourth-order valence-corrected chi connectivity index (χ4v) is 1.93. The molecule has 0 N–H and O–H groups in total. The van der Waals surface area contributed by atoms with E-state index in [2.05, 4.69) is 32.9 Å². The van der Waals surface area contributed by atoms with Gasteiger partial charge in [-0.15, -0.1) is 0 Å². The van der Waals surface area contributed by atoms with Crippen molar-refractivity contribution in [2.45, 2.75) is 33.6 Å². The van der Waals surface area contributed by atoms with Crippen molar-refractivity contribution in [1.29, 1.82) is 0 Å². The lowest BCUT2D eigenvalue weighted by molar-refractivity contribution is -0.104. The fraction of sp³-hybridized carbons (Fsp3) is 0.462. The molecule has 0 aromatic rings. The number of allylic oxidation sites excluding steroid dienone is 6. The Morgan fingerprint density at radius 2 is 2.14 bits per heavy atom. The van der Waals surface area contributed by atoms with Crippen LogP contribution in [-0.4, -0.2) is 6.29 Å². The van der Waals surface area contributed by atoms with Gasteiger partial charge in [0.25, 0.3) is 0 Å². The zero-order valence-electron chi connectivity index (χ0n) is 9.21. The van der Waals surface area contributed by atoms with E-state index in [1.807, 2.05) is 6.08 Å². The van der Waals surface area contributed by atoms with E-state index >= 15 is 0 Å². The van der Waals surface area contributed by atoms with E-state index in [1.165, 1.54) is 11.1 Å². The third-order valence-corrected chi connectivity index (χ3v) is 2.71. The lowest BCUT2D eigenvalue weighted by Crippen LogP contribution is -2.17. The zero-order chi connectivity index (χ0) is 10.6. The van der Waals surface area contributed by atoms with E-state index in [4.69, 9.17) is 0 Å². The Kier molecular flexibility index (Phi) is 3.45. The molecule has 0 saturated carbocycles. The first-order valence-electron chi connectivity index (χ1n) is 5.03. The second-order valence-electron chi connectivity index (χ2n) is 4.53. The second-order valence-corrected chi connectivity index (χ2v) is 4.53. The Labute approximate surface area is 86.2 Å². The van der Waals surface area contributed by atoms with Crippen LogP contribution < -0.4 is 0 Å². The molecule has 0 amide bonds. The predicted octanol–water partition coefficient (Wildman–Crippen LogP) is 3.43. The van der Waals surface area contributed by atoms with Crippen LogP contribution in [0.5, 0.6) is 0 Å². The standard InChI is InChI=1S/C13H18O/c1-11-7-8-12(6-4-5-9-14)13(2,3)10-11/h4-5,7-9H,6,10H2,1-3H3. The average molecular weight is 190 g/mol. The Hall–Kier alpha value is -1.11. The highest BCUT2D eigenvalue weighted by Gasteiger charge is 2.24. The van der Waals surface area contributed by atoms with Gasteiger partial charge in [-0.1, -0.05) is 43.2 Å². The van der Waals surface area contributed by atoms with Gasteiger partial charge in [0.1, 0.15) is 6.29 Å². The van der Waals surface area contributed by atoms with Crippen LogP contribution >= 0.6 is 0 Å². The van der Waals surface area contributed by atoms with E-state index in [9.17, 15) is 4.79 Å². The Bertz CT molecular complexity index is 303. The SMILES string of the molecule is CC1=CC=C(CC=CC=O)C(C)(C)C1. The van der Waals surface area contributed by atoms with Gasteiger partial charge in [-0.2, -0.15) is 0 Å². The molecule has 0 saturated heterocycles. The summed E-state index contributed by atoms with van der Waals surface area (Å²) in [6.07, 6.45) is 10.7. The highest BCUT2D eigenvalue weighted by atomic mass is 16.1. The van der Waals surface area contributed by atoms with E-state index in [0.717, 1.165) is 19.1 Å². The van der Waals surface area contributed by atoms with Crippen LogP contribution in [-0.2, 0) is 4.79 Å². The van der Waals surface area contributed by atoms with Crippen molar-refractivity contribution in [3.8, 4) is 0 Å². The highest BCUT2D eigenvalue weighted by Crippen LogP contribution is 2.38. The van der Waals surface area contributed by atoms with Gasteiger partial charge in [0.05, 0.1) is 0 Å². The molecule has 0 aromatic carbocycles. The number of rotatable bonds is 3. The lowest BCUT2D eigenvalue weighted by atomic mass is 9.74. The summed E-state index contributed by atoms with van der Waals surface area (Å²) in [4.78, 5) is 10.1. The number of carbonyl (C=O) groups is 1. The zero-order valence-corrected chi connectivity index (χ0v) is 9.21. The van der Waals surface area contributed by atoms with Crippen molar-refractivity contribution in [2.24, 2.45) is 5.41 Å². The summed E-state index contributed by atoms with van der Waals surface area (Å²) in [5.74, 6) is 0. The van der Waals surface area contributed by atoms with Crippen LogP contribution in [0.25, 0.3) is 0 Å². The topological polar surface area (TPSA) is 17.1 Å². The molecule has 1 heteroatoms. The molecule has 0 spiro atoms. The van der Waals surface area contributed by atoms with Crippen LogP contribution in [0.15, 0.2) is 35.5 Å². The average Bonchev–Trinajstić information content (AvgIpc) is 2.08. The minimum absolute atomic E-state index is 0.242. The van der Waals surface area contributed by atoms with Crippen molar-refractivity contribution < 1.29 is 4.79 Å². The van der Waals surface area contributed by atoms with Crippen LogP contribution in [0.2, 0.25) is 0 Å². The summed E-state index contributed by atoms with van der Waals surface area (Å²) in [5.41, 5.74) is 3.07. The Morgan fingerprint density at radius 3 is 2.71 bits per heavy atom. The quantitative estimate of drug-likeness (QED) is 0.492. The maximum absolute atomic E-state index is 10.1. The highest BCUT2D eigenvalue weighted by molar-refractivity contribution is 5.64. The Balaban J connectivity index is 2.75. The molecular weight excluding hydrogens is 172 g/mol. The summed E-state index contributed by atoms with van der Waals surface area (Å²) in [6.45, 7) is 6.67. The number of hydrogen-bond acceptors (Lipinski definition) is 1. The summed E-state index contributed by atoms with van der Waals surface area (Å²) < 4.78 is 0. The molecule has 0 bridgehead atoms. The summed E-state index contributed by atoms with van der Waals surface area (Å²) >= 11 is 0. The minimum Gasteiger partial charge on any atom is -0.299 e. The summed E-state index contributed by atoms with van der Waals surface area (Å²) in [7, 11) is 0. The van der Waals surface area contributed by atoms with Crippen LogP contribution in [0.3, 0.4) is 0 Å². The molecule has 0 aliphatic heterocycles. The molecule has 1 aliphatic rings. The molecule has 0 aromatic heterocycles. The van der Waals surface area contributed by atoms with Gasteiger partial charge in [-0.3, -0.25) is 4.79 Å². The molecule has 0 heterocycles. The first kappa shape index (κ1) is 11.0.